The molecule has 1 N–H and O–H groups in total. The Kier molecular flexibility index (Phi) is 6.61. The zero-order chi connectivity index (χ0) is 21.7. The monoisotopic (exact) mass is 409 g/mol. The molecule has 0 fully saturated rings. The molecular weight excluding hydrogens is 385 g/mol. The number of nitrogens with one attached hydrogen (secondary N) is 1. The van der Waals surface area contributed by atoms with Crippen LogP contribution in [0.1, 0.15) is 29.8 Å². The summed E-state index contributed by atoms with van der Waals surface area (Å²) in [6.45, 7) is 4.81. The van der Waals surface area contributed by atoms with Crippen LogP contribution in [-0.2, 0) is 22.7 Å². The molecule has 7 heteroatoms. The van der Waals surface area contributed by atoms with Crippen LogP contribution in [0.2, 0.25) is 0 Å². The molecule has 0 saturated heterocycles. The van der Waals surface area contributed by atoms with Crippen molar-refractivity contribution < 1.29 is 18.8 Å². The Morgan fingerprint density at radius 2 is 1.67 bits per heavy atom. The Bertz CT molecular complexity index is 1070. The molecule has 30 heavy (non-hydrogen) atoms. The summed E-state index contributed by atoms with van der Waals surface area (Å²) < 4.78 is 14.7. The van der Waals surface area contributed by atoms with E-state index < -0.39 is 11.7 Å². The zero-order valence-electron chi connectivity index (χ0n) is 17.0. The zero-order valence-corrected chi connectivity index (χ0v) is 17.0. The first kappa shape index (κ1) is 21.2. The quantitative estimate of drug-likeness (QED) is 0.459. The number of likely N-dealkylation sites (N-methyl/N-ethyl adjacent to an activating group) is 1. The van der Waals surface area contributed by atoms with Crippen LogP contribution in [0.4, 0.5) is 4.39 Å². The summed E-state index contributed by atoms with van der Waals surface area (Å²) in [4.78, 5) is 39.3. The van der Waals surface area contributed by atoms with Gasteiger partial charge in [-0.25, -0.2) is 4.39 Å². The predicted molar refractivity (Wildman–Crippen MR) is 112 cm³/mol. The van der Waals surface area contributed by atoms with Crippen LogP contribution in [-0.4, -0.2) is 40.2 Å². The number of fused-ring (bicyclic) bond motifs is 1. The van der Waals surface area contributed by atoms with Crippen LogP contribution in [0.15, 0.2) is 54.7 Å². The molecule has 0 saturated carbocycles. The van der Waals surface area contributed by atoms with Crippen LogP contribution < -0.4 is 5.32 Å². The van der Waals surface area contributed by atoms with E-state index in [0.29, 0.717) is 24.0 Å². The largest absolute Gasteiger partial charge is 0.350 e. The number of carbonyl (C=O) groups is 3. The number of aromatic nitrogens is 1. The van der Waals surface area contributed by atoms with E-state index in [1.54, 1.807) is 41.1 Å². The summed E-state index contributed by atoms with van der Waals surface area (Å²) >= 11 is 0. The average molecular weight is 409 g/mol. The van der Waals surface area contributed by atoms with Crippen LogP contribution in [0.5, 0.6) is 0 Å². The second-order valence-corrected chi connectivity index (χ2v) is 6.90. The number of halogens is 1. The van der Waals surface area contributed by atoms with Gasteiger partial charge in [-0.3, -0.25) is 14.4 Å². The van der Waals surface area contributed by atoms with E-state index in [0.717, 1.165) is 5.56 Å². The lowest BCUT2D eigenvalue weighted by Crippen LogP contribution is -2.36. The van der Waals surface area contributed by atoms with Gasteiger partial charge in [0.05, 0.1) is 5.56 Å². The van der Waals surface area contributed by atoms with Crippen LogP contribution in [0.25, 0.3) is 10.9 Å². The molecule has 0 bridgehead atoms. The highest BCUT2D eigenvalue weighted by atomic mass is 19.1. The molecular formula is C23H24FN3O3. The van der Waals surface area contributed by atoms with Gasteiger partial charge in [0.25, 0.3) is 11.7 Å². The van der Waals surface area contributed by atoms with Crippen LogP contribution in [0, 0.1) is 5.82 Å². The van der Waals surface area contributed by atoms with Gasteiger partial charge in [-0.05, 0) is 37.6 Å². The smallest absolute Gasteiger partial charge is 0.295 e. The number of hydrogen-bond acceptors (Lipinski definition) is 3. The number of nitrogens with zero attached hydrogens (tertiary/aromatic N) is 2. The van der Waals surface area contributed by atoms with Crippen molar-refractivity contribution in [1.82, 2.24) is 14.8 Å². The van der Waals surface area contributed by atoms with Crippen molar-refractivity contribution in [2.45, 2.75) is 26.9 Å². The maximum atomic E-state index is 13.0. The molecule has 2 amide bonds. The van der Waals surface area contributed by atoms with E-state index in [1.165, 1.54) is 17.0 Å². The SMILES string of the molecule is CCN(CC)C(=O)C(=O)c1cn(CC(=O)NCc2ccc(F)cc2)c2ccccc12. The third-order valence-corrected chi connectivity index (χ3v) is 4.99. The molecule has 1 heterocycles. The van der Waals surface area contributed by atoms with Crippen molar-refractivity contribution in [2.24, 2.45) is 0 Å². The lowest BCUT2D eigenvalue weighted by atomic mass is 10.1. The van der Waals surface area contributed by atoms with E-state index >= 15 is 0 Å². The third kappa shape index (κ3) is 4.56. The number of ketones is 1. The first-order valence-electron chi connectivity index (χ1n) is 9.87. The molecule has 3 rings (SSSR count). The van der Waals surface area contributed by atoms with Crippen molar-refractivity contribution in [2.75, 3.05) is 13.1 Å². The number of carbonyl (C=O) groups excluding carboxylic acids is 3. The summed E-state index contributed by atoms with van der Waals surface area (Å²) in [5.74, 6) is -1.72. The fourth-order valence-corrected chi connectivity index (χ4v) is 3.34. The van der Waals surface area contributed by atoms with E-state index in [4.69, 9.17) is 0 Å². The first-order valence-corrected chi connectivity index (χ1v) is 9.87. The molecule has 0 spiro atoms. The van der Waals surface area contributed by atoms with Gasteiger partial charge in [0.2, 0.25) is 5.91 Å². The molecule has 0 radical (unpaired) electrons. The average Bonchev–Trinajstić information content (AvgIpc) is 3.12. The topological polar surface area (TPSA) is 71.4 Å². The number of hydrogen-bond donors (Lipinski definition) is 1. The predicted octanol–water partition coefficient (Wildman–Crippen LogP) is 3.15. The highest BCUT2D eigenvalue weighted by Crippen LogP contribution is 2.22. The molecule has 6 nitrogen and oxygen atoms in total. The van der Waals surface area contributed by atoms with Crippen molar-refractivity contribution in [3.05, 3.63) is 71.7 Å². The minimum atomic E-state index is -0.583. The van der Waals surface area contributed by atoms with Crippen LogP contribution >= 0.6 is 0 Å². The molecule has 156 valence electrons. The van der Waals surface area contributed by atoms with Gasteiger partial charge in [0.15, 0.2) is 0 Å². The highest BCUT2D eigenvalue weighted by molar-refractivity contribution is 6.44. The van der Waals surface area contributed by atoms with E-state index in [-0.39, 0.29) is 30.4 Å². The molecule has 3 aromatic rings. The number of rotatable bonds is 8. The maximum absolute atomic E-state index is 13.0. The van der Waals surface area contributed by atoms with Crippen molar-refractivity contribution >= 4 is 28.5 Å². The van der Waals surface area contributed by atoms with E-state index in [2.05, 4.69) is 5.32 Å². The molecule has 0 aliphatic heterocycles. The molecule has 0 atom stereocenters. The summed E-state index contributed by atoms with van der Waals surface area (Å²) in [6.07, 6.45) is 1.56. The number of para-hydroxylation sites is 1. The number of benzene rings is 2. The van der Waals surface area contributed by atoms with Gasteiger partial charge in [0.1, 0.15) is 12.4 Å². The summed E-state index contributed by atoms with van der Waals surface area (Å²) in [6, 6.07) is 13.1. The molecule has 0 aliphatic rings. The Morgan fingerprint density at radius 1 is 1.00 bits per heavy atom. The molecule has 1 aromatic heterocycles. The van der Waals surface area contributed by atoms with Crippen molar-refractivity contribution in [3.8, 4) is 0 Å². The second-order valence-electron chi connectivity index (χ2n) is 6.90. The van der Waals surface area contributed by atoms with Crippen LogP contribution in [0.3, 0.4) is 0 Å². The fraction of sp³-hybridized carbons (Fsp3) is 0.261. The van der Waals surface area contributed by atoms with Gasteiger partial charge < -0.3 is 14.8 Å². The summed E-state index contributed by atoms with van der Waals surface area (Å²) in [5.41, 5.74) is 1.77. The van der Waals surface area contributed by atoms with Crippen molar-refractivity contribution in [3.63, 3.8) is 0 Å². The van der Waals surface area contributed by atoms with Gasteiger partial charge >= 0.3 is 0 Å². The minimum absolute atomic E-state index is 0.00551. The Morgan fingerprint density at radius 3 is 2.33 bits per heavy atom. The van der Waals surface area contributed by atoms with Gasteiger partial charge in [-0.1, -0.05) is 30.3 Å². The van der Waals surface area contributed by atoms with Gasteiger partial charge in [-0.2, -0.15) is 0 Å². The van der Waals surface area contributed by atoms with Gasteiger partial charge in [-0.15, -0.1) is 0 Å². The van der Waals surface area contributed by atoms with Gasteiger partial charge in [0, 0.05) is 36.7 Å². The Hall–Kier alpha value is -3.48. The molecule has 2 aromatic carbocycles. The lowest BCUT2D eigenvalue weighted by molar-refractivity contribution is -0.126. The first-order chi connectivity index (χ1) is 14.4. The van der Waals surface area contributed by atoms with Crippen molar-refractivity contribution in [1.29, 1.82) is 0 Å². The van der Waals surface area contributed by atoms with E-state index in [1.807, 2.05) is 19.9 Å². The summed E-state index contributed by atoms with van der Waals surface area (Å²) in [7, 11) is 0. The second kappa shape index (κ2) is 9.35. The van der Waals surface area contributed by atoms with E-state index in [9.17, 15) is 18.8 Å². The minimum Gasteiger partial charge on any atom is -0.350 e. The highest BCUT2D eigenvalue weighted by Gasteiger charge is 2.25. The fourth-order valence-electron chi connectivity index (χ4n) is 3.34. The standard InChI is InChI=1S/C23H24FN3O3/c1-3-26(4-2)23(30)22(29)19-14-27(20-8-6-5-7-18(19)20)15-21(28)25-13-16-9-11-17(24)12-10-16/h5-12,14H,3-4,13,15H2,1-2H3,(H,25,28). The Labute approximate surface area is 174 Å². The summed E-state index contributed by atoms with van der Waals surface area (Å²) in [5, 5.41) is 3.42. The Balaban J connectivity index is 1.79. The molecule has 0 aliphatic carbocycles. The molecule has 0 unspecified atom stereocenters. The third-order valence-electron chi connectivity index (χ3n) is 4.99. The normalized spacial score (nSPS) is 10.8. The maximum Gasteiger partial charge on any atom is 0.295 e. The lowest BCUT2D eigenvalue weighted by Gasteiger charge is -2.17. The number of Topliss-reactive ketones (excluding diaryl/α,β-unsaturated/α-hetero) is 1. The number of amides is 2.